The lowest BCUT2D eigenvalue weighted by Crippen LogP contribution is -2.35. The van der Waals surface area contributed by atoms with E-state index in [1.165, 1.54) is 0 Å². The van der Waals surface area contributed by atoms with Gasteiger partial charge < -0.3 is 10.2 Å². The highest BCUT2D eigenvalue weighted by Crippen LogP contribution is 2.22. The predicted molar refractivity (Wildman–Crippen MR) is 107 cm³/mol. The van der Waals surface area contributed by atoms with Crippen molar-refractivity contribution < 1.29 is 4.79 Å². The van der Waals surface area contributed by atoms with E-state index in [0.717, 1.165) is 16.5 Å². The van der Waals surface area contributed by atoms with Crippen LogP contribution in [-0.4, -0.2) is 36.4 Å². The highest BCUT2D eigenvalue weighted by Gasteiger charge is 2.19. The third-order valence-electron chi connectivity index (χ3n) is 4.27. The predicted octanol–water partition coefficient (Wildman–Crippen LogP) is 4.23. The summed E-state index contributed by atoms with van der Waals surface area (Å²) in [6.07, 6.45) is 0. The Morgan fingerprint density at radius 3 is 2.58 bits per heavy atom. The molecule has 3 rings (SSSR count). The van der Waals surface area contributed by atoms with Crippen LogP contribution in [-0.2, 0) is 0 Å². The summed E-state index contributed by atoms with van der Waals surface area (Å²) in [5, 5.41) is 4.63. The molecule has 0 bridgehead atoms. The van der Waals surface area contributed by atoms with Gasteiger partial charge in [-0.1, -0.05) is 41.9 Å². The number of nitrogens with zero attached hydrogens (tertiary/aromatic N) is 2. The molecule has 1 aromatic heterocycles. The molecule has 26 heavy (non-hydrogen) atoms. The summed E-state index contributed by atoms with van der Waals surface area (Å²) in [6.45, 7) is 2.56. The summed E-state index contributed by atoms with van der Waals surface area (Å²) in [5.74, 6) is -0.132. The van der Waals surface area contributed by atoms with Gasteiger partial charge in [-0.25, -0.2) is 0 Å². The molecule has 1 atom stereocenters. The van der Waals surface area contributed by atoms with Gasteiger partial charge in [0.05, 0.1) is 22.8 Å². The summed E-state index contributed by atoms with van der Waals surface area (Å²) in [7, 11) is 3.99. The zero-order chi connectivity index (χ0) is 18.7. The van der Waals surface area contributed by atoms with Crippen molar-refractivity contribution in [3.8, 4) is 0 Å². The molecular formula is C21H22ClN3O. The van der Waals surface area contributed by atoms with Gasteiger partial charge in [-0.05, 0) is 50.8 Å². The summed E-state index contributed by atoms with van der Waals surface area (Å²) in [5.41, 5.74) is 3.17. The molecule has 0 aliphatic rings. The monoisotopic (exact) mass is 367 g/mol. The first kappa shape index (κ1) is 18.4. The van der Waals surface area contributed by atoms with Crippen molar-refractivity contribution in [1.82, 2.24) is 15.2 Å². The summed E-state index contributed by atoms with van der Waals surface area (Å²) < 4.78 is 0. The lowest BCUT2D eigenvalue weighted by Gasteiger charge is -2.23. The van der Waals surface area contributed by atoms with Crippen molar-refractivity contribution in [2.45, 2.75) is 13.0 Å². The molecule has 134 valence electrons. The quantitative estimate of drug-likeness (QED) is 0.734. The SMILES string of the molecule is Cc1nc2ccc(Cl)cc2cc1C(=O)NC(CN(C)C)c1ccccc1. The Morgan fingerprint density at radius 1 is 1.15 bits per heavy atom. The molecule has 1 heterocycles. The average molecular weight is 368 g/mol. The van der Waals surface area contributed by atoms with Gasteiger partial charge in [-0.2, -0.15) is 0 Å². The summed E-state index contributed by atoms with van der Waals surface area (Å²) in [6, 6.07) is 17.2. The van der Waals surface area contributed by atoms with E-state index in [1.54, 1.807) is 6.07 Å². The number of amides is 1. The van der Waals surface area contributed by atoms with Gasteiger partial charge in [-0.3, -0.25) is 9.78 Å². The molecule has 0 saturated heterocycles. The van der Waals surface area contributed by atoms with E-state index in [0.29, 0.717) is 22.8 Å². The Hall–Kier alpha value is -2.43. The molecular weight excluding hydrogens is 346 g/mol. The zero-order valence-corrected chi connectivity index (χ0v) is 15.9. The molecule has 1 N–H and O–H groups in total. The number of hydrogen-bond donors (Lipinski definition) is 1. The first-order valence-corrected chi connectivity index (χ1v) is 8.89. The largest absolute Gasteiger partial charge is 0.344 e. The third kappa shape index (κ3) is 4.21. The van der Waals surface area contributed by atoms with Crippen LogP contribution in [0.1, 0.15) is 27.7 Å². The number of hydrogen-bond acceptors (Lipinski definition) is 3. The number of benzene rings is 2. The first-order valence-electron chi connectivity index (χ1n) is 8.51. The van der Waals surface area contributed by atoms with E-state index < -0.39 is 0 Å². The molecule has 4 nitrogen and oxygen atoms in total. The molecule has 0 aliphatic heterocycles. The molecule has 0 spiro atoms. The van der Waals surface area contributed by atoms with Gasteiger partial charge in [0.25, 0.3) is 5.91 Å². The van der Waals surface area contributed by atoms with Crippen LogP contribution in [0.15, 0.2) is 54.6 Å². The number of pyridine rings is 1. The number of aromatic nitrogens is 1. The number of carbonyl (C=O) groups is 1. The molecule has 1 amide bonds. The van der Waals surface area contributed by atoms with E-state index in [2.05, 4.69) is 15.2 Å². The van der Waals surface area contributed by atoms with Crippen LogP contribution in [0.25, 0.3) is 10.9 Å². The van der Waals surface area contributed by atoms with Crippen LogP contribution >= 0.6 is 11.6 Å². The second-order valence-corrected chi connectivity index (χ2v) is 7.09. The van der Waals surface area contributed by atoms with Gasteiger partial charge in [0.15, 0.2) is 0 Å². The number of carbonyl (C=O) groups excluding carboxylic acids is 1. The smallest absolute Gasteiger partial charge is 0.253 e. The third-order valence-corrected chi connectivity index (χ3v) is 4.50. The summed E-state index contributed by atoms with van der Waals surface area (Å²) >= 11 is 6.08. The summed E-state index contributed by atoms with van der Waals surface area (Å²) in [4.78, 5) is 19.6. The Balaban J connectivity index is 1.92. The Bertz CT molecular complexity index is 925. The van der Waals surface area contributed by atoms with Crippen LogP contribution in [0.5, 0.6) is 0 Å². The van der Waals surface area contributed by atoms with Crippen molar-refractivity contribution >= 4 is 28.4 Å². The minimum absolute atomic E-state index is 0.104. The van der Waals surface area contributed by atoms with Gasteiger partial charge >= 0.3 is 0 Å². The molecule has 3 aromatic rings. The van der Waals surface area contributed by atoms with E-state index in [-0.39, 0.29) is 11.9 Å². The minimum Gasteiger partial charge on any atom is -0.344 e. The molecule has 2 aromatic carbocycles. The van der Waals surface area contributed by atoms with Crippen LogP contribution in [0, 0.1) is 6.92 Å². The van der Waals surface area contributed by atoms with E-state index in [4.69, 9.17) is 11.6 Å². The van der Waals surface area contributed by atoms with Gasteiger partial charge in [0, 0.05) is 17.0 Å². The Kier molecular flexibility index (Phi) is 5.55. The number of aryl methyl sites for hydroxylation is 1. The maximum absolute atomic E-state index is 13.0. The van der Waals surface area contributed by atoms with Crippen molar-refractivity contribution in [3.63, 3.8) is 0 Å². The number of nitrogens with one attached hydrogen (secondary N) is 1. The molecule has 5 heteroatoms. The van der Waals surface area contributed by atoms with E-state index >= 15 is 0 Å². The molecule has 0 radical (unpaired) electrons. The van der Waals surface area contributed by atoms with Crippen LogP contribution in [0.4, 0.5) is 0 Å². The lowest BCUT2D eigenvalue weighted by molar-refractivity contribution is 0.0929. The fourth-order valence-corrected chi connectivity index (χ4v) is 3.17. The lowest BCUT2D eigenvalue weighted by atomic mass is 10.0. The van der Waals surface area contributed by atoms with Crippen molar-refractivity contribution in [3.05, 3.63) is 76.4 Å². The minimum atomic E-state index is -0.132. The number of rotatable bonds is 5. The normalized spacial score (nSPS) is 12.3. The van der Waals surface area contributed by atoms with E-state index in [9.17, 15) is 4.79 Å². The Labute approximate surface area is 158 Å². The van der Waals surface area contributed by atoms with Crippen LogP contribution in [0.2, 0.25) is 5.02 Å². The van der Waals surface area contributed by atoms with Crippen molar-refractivity contribution in [2.24, 2.45) is 0 Å². The zero-order valence-electron chi connectivity index (χ0n) is 15.2. The van der Waals surface area contributed by atoms with Gasteiger partial charge in [0.2, 0.25) is 0 Å². The first-order chi connectivity index (χ1) is 12.4. The Morgan fingerprint density at radius 2 is 1.88 bits per heavy atom. The van der Waals surface area contributed by atoms with Gasteiger partial charge in [-0.15, -0.1) is 0 Å². The second kappa shape index (κ2) is 7.85. The molecule has 0 aliphatic carbocycles. The molecule has 0 fully saturated rings. The van der Waals surface area contributed by atoms with Crippen LogP contribution < -0.4 is 5.32 Å². The highest BCUT2D eigenvalue weighted by molar-refractivity contribution is 6.31. The van der Waals surface area contributed by atoms with Gasteiger partial charge in [0.1, 0.15) is 0 Å². The van der Waals surface area contributed by atoms with Crippen LogP contribution in [0.3, 0.4) is 0 Å². The number of halogens is 1. The maximum Gasteiger partial charge on any atom is 0.253 e. The fourth-order valence-electron chi connectivity index (χ4n) is 2.99. The number of fused-ring (bicyclic) bond motifs is 1. The van der Waals surface area contributed by atoms with Crippen molar-refractivity contribution in [1.29, 1.82) is 0 Å². The average Bonchev–Trinajstić information content (AvgIpc) is 2.61. The molecule has 0 saturated carbocycles. The number of likely N-dealkylation sites (N-methyl/N-ethyl adjacent to an activating group) is 1. The maximum atomic E-state index is 13.0. The van der Waals surface area contributed by atoms with Crippen molar-refractivity contribution in [2.75, 3.05) is 20.6 Å². The van der Waals surface area contributed by atoms with E-state index in [1.807, 2.05) is 69.6 Å². The molecule has 1 unspecified atom stereocenters. The highest BCUT2D eigenvalue weighted by atomic mass is 35.5. The standard InChI is InChI=1S/C21H22ClN3O/c1-14-18(12-16-11-17(22)9-10-19(16)23-14)21(26)24-20(13-25(2)3)15-7-5-4-6-8-15/h4-12,20H,13H2,1-3H3,(H,24,26). The topological polar surface area (TPSA) is 45.2 Å². The second-order valence-electron chi connectivity index (χ2n) is 6.66. The fraction of sp³-hybridized carbons (Fsp3) is 0.238.